The van der Waals surface area contributed by atoms with Crippen LogP contribution in [-0.4, -0.2) is 29.5 Å². The zero-order chi connectivity index (χ0) is 15.4. The molecule has 0 saturated carbocycles. The zero-order valence-corrected chi connectivity index (χ0v) is 13.2. The maximum atomic E-state index is 12.1. The van der Waals surface area contributed by atoms with Crippen LogP contribution in [-0.2, 0) is 11.8 Å². The number of nitrogens with one attached hydrogen (secondary N) is 1. The number of hydrogen-bond acceptors (Lipinski definition) is 2. The number of aromatic nitrogens is 1. The molecular weight excluding hydrogens is 254 g/mol. The second-order valence-corrected chi connectivity index (χ2v) is 5.53. The van der Waals surface area contributed by atoms with Gasteiger partial charge in [-0.2, -0.15) is 0 Å². The normalized spacial score (nSPS) is 12.3. The number of carbonyl (C=O) groups excluding carboxylic acids is 2. The van der Waals surface area contributed by atoms with Crippen LogP contribution in [0.15, 0.2) is 12.3 Å². The number of aryl methyl sites for hydroxylation is 1. The summed E-state index contributed by atoms with van der Waals surface area (Å²) < 4.78 is 1.75. The molecule has 0 aliphatic heterocycles. The van der Waals surface area contributed by atoms with E-state index in [2.05, 4.69) is 5.32 Å². The van der Waals surface area contributed by atoms with Crippen molar-refractivity contribution in [3.8, 4) is 0 Å². The van der Waals surface area contributed by atoms with E-state index in [-0.39, 0.29) is 23.8 Å². The molecule has 1 aromatic heterocycles. The standard InChI is InChI=1S/C15H25N3O2/c1-7-11(4)16-14(19)13-8-12(9-17(13)5)18(6)15(20)10(2)3/h8-11H,7H2,1-6H3,(H,16,19). The Morgan fingerprint density at radius 2 is 1.95 bits per heavy atom. The number of carbonyl (C=O) groups is 2. The minimum Gasteiger partial charge on any atom is -0.348 e. The summed E-state index contributed by atoms with van der Waals surface area (Å²) in [6.45, 7) is 7.71. The fourth-order valence-corrected chi connectivity index (χ4v) is 1.87. The van der Waals surface area contributed by atoms with Crippen molar-refractivity contribution in [2.24, 2.45) is 13.0 Å². The van der Waals surface area contributed by atoms with Crippen LogP contribution >= 0.6 is 0 Å². The summed E-state index contributed by atoms with van der Waals surface area (Å²) in [6, 6.07) is 1.88. The molecule has 0 saturated heterocycles. The van der Waals surface area contributed by atoms with E-state index in [1.165, 1.54) is 0 Å². The molecule has 0 radical (unpaired) electrons. The second-order valence-electron chi connectivity index (χ2n) is 5.53. The fourth-order valence-electron chi connectivity index (χ4n) is 1.87. The maximum Gasteiger partial charge on any atom is 0.268 e. The van der Waals surface area contributed by atoms with Crippen LogP contribution in [0.3, 0.4) is 0 Å². The lowest BCUT2D eigenvalue weighted by atomic mass is 10.2. The van der Waals surface area contributed by atoms with Crippen LogP contribution in [0.25, 0.3) is 0 Å². The fraction of sp³-hybridized carbons (Fsp3) is 0.600. The zero-order valence-electron chi connectivity index (χ0n) is 13.2. The molecule has 2 amide bonds. The Kier molecular flexibility index (Phi) is 5.36. The van der Waals surface area contributed by atoms with Crippen molar-refractivity contribution >= 4 is 17.5 Å². The van der Waals surface area contributed by atoms with E-state index in [0.717, 1.165) is 12.1 Å². The van der Waals surface area contributed by atoms with Crippen molar-refractivity contribution in [2.45, 2.75) is 40.2 Å². The molecule has 0 aromatic carbocycles. The molecule has 0 spiro atoms. The van der Waals surface area contributed by atoms with Crippen LogP contribution in [0.4, 0.5) is 5.69 Å². The van der Waals surface area contributed by atoms with Gasteiger partial charge in [0.1, 0.15) is 5.69 Å². The molecule has 0 bridgehead atoms. The third kappa shape index (κ3) is 3.62. The minimum absolute atomic E-state index is 0.0319. The average molecular weight is 279 g/mol. The Morgan fingerprint density at radius 3 is 2.45 bits per heavy atom. The van der Waals surface area contributed by atoms with Crippen molar-refractivity contribution < 1.29 is 9.59 Å². The molecule has 1 aromatic rings. The maximum absolute atomic E-state index is 12.1. The highest BCUT2D eigenvalue weighted by Crippen LogP contribution is 2.19. The summed E-state index contributed by atoms with van der Waals surface area (Å²) in [5, 5.41) is 2.93. The molecule has 112 valence electrons. The van der Waals surface area contributed by atoms with Gasteiger partial charge in [0.15, 0.2) is 0 Å². The summed E-state index contributed by atoms with van der Waals surface area (Å²) in [5.41, 5.74) is 1.30. The van der Waals surface area contributed by atoms with Gasteiger partial charge in [0.05, 0.1) is 5.69 Å². The van der Waals surface area contributed by atoms with Gasteiger partial charge in [-0.1, -0.05) is 20.8 Å². The Hall–Kier alpha value is -1.78. The van der Waals surface area contributed by atoms with E-state index < -0.39 is 0 Å². The summed E-state index contributed by atoms with van der Waals surface area (Å²) in [4.78, 5) is 25.7. The van der Waals surface area contributed by atoms with Gasteiger partial charge < -0.3 is 14.8 Å². The lowest BCUT2D eigenvalue weighted by Crippen LogP contribution is -2.33. The summed E-state index contributed by atoms with van der Waals surface area (Å²) in [5.74, 6) is -0.152. The molecular formula is C15H25N3O2. The molecule has 1 heterocycles. The van der Waals surface area contributed by atoms with Crippen LogP contribution in [0.2, 0.25) is 0 Å². The molecule has 1 atom stereocenters. The SMILES string of the molecule is CCC(C)NC(=O)c1cc(N(C)C(=O)C(C)C)cn1C. The summed E-state index contributed by atoms with van der Waals surface area (Å²) >= 11 is 0. The lowest BCUT2D eigenvalue weighted by Gasteiger charge is -2.17. The van der Waals surface area contributed by atoms with Crippen LogP contribution in [0.1, 0.15) is 44.6 Å². The topological polar surface area (TPSA) is 54.3 Å². The highest BCUT2D eigenvalue weighted by atomic mass is 16.2. The molecule has 1 N–H and O–H groups in total. The predicted molar refractivity (Wildman–Crippen MR) is 80.9 cm³/mol. The van der Waals surface area contributed by atoms with Crippen molar-refractivity contribution in [1.82, 2.24) is 9.88 Å². The Balaban J connectivity index is 2.93. The smallest absolute Gasteiger partial charge is 0.268 e. The number of anilines is 1. The first-order valence-corrected chi connectivity index (χ1v) is 7.02. The summed E-state index contributed by atoms with van der Waals surface area (Å²) in [7, 11) is 3.54. The van der Waals surface area contributed by atoms with E-state index in [1.807, 2.05) is 34.7 Å². The van der Waals surface area contributed by atoms with Crippen LogP contribution in [0.5, 0.6) is 0 Å². The number of hydrogen-bond donors (Lipinski definition) is 1. The third-order valence-electron chi connectivity index (χ3n) is 3.42. The van der Waals surface area contributed by atoms with E-state index in [1.54, 1.807) is 28.8 Å². The second kappa shape index (κ2) is 6.59. The Labute approximate surface area is 120 Å². The number of amides is 2. The van der Waals surface area contributed by atoms with Gasteiger partial charge in [-0.05, 0) is 19.4 Å². The van der Waals surface area contributed by atoms with Crippen LogP contribution in [0, 0.1) is 5.92 Å². The van der Waals surface area contributed by atoms with E-state index >= 15 is 0 Å². The molecule has 0 aliphatic carbocycles. The van der Waals surface area contributed by atoms with Crippen LogP contribution < -0.4 is 10.2 Å². The first-order valence-electron chi connectivity index (χ1n) is 7.02. The highest BCUT2D eigenvalue weighted by Gasteiger charge is 2.19. The average Bonchev–Trinajstić information content (AvgIpc) is 2.78. The van der Waals surface area contributed by atoms with Gasteiger partial charge in [-0.15, -0.1) is 0 Å². The van der Waals surface area contributed by atoms with Crippen molar-refractivity contribution in [1.29, 1.82) is 0 Å². The van der Waals surface area contributed by atoms with E-state index in [9.17, 15) is 9.59 Å². The lowest BCUT2D eigenvalue weighted by molar-refractivity contribution is -0.121. The van der Waals surface area contributed by atoms with Gasteiger partial charge in [0.25, 0.3) is 5.91 Å². The van der Waals surface area contributed by atoms with Gasteiger partial charge >= 0.3 is 0 Å². The molecule has 1 rings (SSSR count). The van der Waals surface area contributed by atoms with Gasteiger partial charge in [-0.3, -0.25) is 9.59 Å². The predicted octanol–water partition coefficient (Wildman–Crippen LogP) is 2.17. The third-order valence-corrected chi connectivity index (χ3v) is 3.42. The molecule has 1 unspecified atom stereocenters. The van der Waals surface area contributed by atoms with Crippen molar-refractivity contribution in [3.63, 3.8) is 0 Å². The minimum atomic E-state index is -0.113. The van der Waals surface area contributed by atoms with E-state index in [0.29, 0.717) is 5.69 Å². The molecule has 0 aliphatic rings. The summed E-state index contributed by atoms with van der Waals surface area (Å²) in [6.07, 6.45) is 2.68. The Morgan fingerprint density at radius 1 is 1.35 bits per heavy atom. The molecule has 0 fully saturated rings. The first-order chi connectivity index (χ1) is 9.27. The van der Waals surface area contributed by atoms with Gasteiger partial charge in [0, 0.05) is 32.3 Å². The van der Waals surface area contributed by atoms with Gasteiger partial charge in [-0.25, -0.2) is 0 Å². The van der Waals surface area contributed by atoms with Crippen molar-refractivity contribution in [2.75, 3.05) is 11.9 Å². The largest absolute Gasteiger partial charge is 0.348 e. The first kappa shape index (κ1) is 16.3. The molecule has 5 nitrogen and oxygen atoms in total. The monoisotopic (exact) mass is 279 g/mol. The number of nitrogens with zero attached hydrogens (tertiary/aromatic N) is 2. The van der Waals surface area contributed by atoms with Gasteiger partial charge in [0.2, 0.25) is 5.91 Å². The number of rotatable bonds is 5. The Bertz CT molecular complexity index is 491. The quantitative estimate of drug-likeness (QED) is 0.898. The van der Waals surface area contributed by atoms with Crippen molar-refractivity contribution in [3.05, 3.63) is 18.0 Å². The molecule has 20 heavy (non-hydrogen) atoms. The van der Waals surface area contributed by atoms with E-state index in [4.69, 9.17) is 0 Å². The highest BCUT2D eigenvalue weighted by molar-refractivity contribution is 5.98. The molecule has 5 heteroatoms.